The molecule has 0 bridgehead atoms. The fourth-order valence-corrected chi connectivity index (χ4v) is 4.98. The number of rotatable bonds is 6. The number of hydrogen-bond donors (Lipinski definition) is 1. The fourth-order valence-electron chi connectivity index (χ4n) is 3.35. The van der Waals surface area contributed by atoms with Crippen LogP contribution in [0.1, 0.15) is 29.8 Å². The summed E-state index contributed by atoms with van der Waals surface area (Å²) in [5, 5.41) is 2.77. The van der Waals surface area contributed by atoms with Crippen molar-refractivity contribution in [1.82, 2.24) is 9.62 Å². The van der Waals surface area contributed by atoms with Gasteiger partial charge in [-0.1, -0.05) is 18.2 Å². The monoisotopic (exact) mass is 420 g/mol. The van der Waals surface area contributed by atoms with E-state index in [4.69, 9.17) is 4.74 Å². The highest BCUT2D eigenvalue weighted by molar-refractivity contribution is 7.89. The highest BCUT2D eigenvalue weighted by Gasteiger charge is 2.32. The second-order valence-electron chi connectivity index (χ2n) is 7.24. The van der Waals surface area contributed by atoms with Gasteiger partial charge in [-0.05, 0) is 56.2 Å². The van der Waals surface area contributed by atoms with E-state index in [9.17, 15) is 17.6 Å². The summed E-state index contributed by atoms with van der Waals surface area (Å²) in [5.74, 6) is -0.659. The summed E-state index contributed by atoms with van der Waals surface area (Å²) in [7, 11) is -3.71. The molecule has 1 fully saturated rings. The summed E-state index contributed by atoms with van der Waals surface area (Å²) in [4.78, 5) is 12.5. The number of sulfonamides is 1. The molecule has 1 saturated heterocycles. The van der Waals surface area contributed by atoms with Gasteiger partial charge in [-0.3, -0.25) is 4.79 Å². The minimum Gasteiger partial charge on any atom is -0.373 e. The highest BCUT2D eigenvalue weighted by Crippen LogP contribution is 2.22. The van der Waals surface area contributed by atoms with Crippen molar-refractivity contribution < 1.29 is 22.3 Å². The average Bonchev–Trinajstić information content (AvgIpc) is 2.69. The number of carbonyl (C=O) groups excluding carboxylic acids is 1. The van der Waals surface area contributed by atoms with Crippen molar-refractivity contribution in [2.45, 2.75) is 37.4 Å². The lowest BCUT2D eigenvalue weighted by atomic mass is 10.1. The molecule has 8 heteroatoms. The van der Waals surface area contributed by atoms with Crippen LogP contribution in [0.25, 0.3) is 0 Å². The number of amides is 1. The molecule has 3 rings (SSSR count). The summed E-state index contributed by atoms with van der Waals surface area (Å²) >= 11 is 0. The summed E-state index contributed by atoms with van der Waals surface area (Å²) in [6.45, 7) is 4.59. The second-order valence-corrected chi connectivity index (χ2v) is 9.18. The number of nitrogens with one attached hydrogen (secondary N) is 1. The van der Waals surface area contributed by atoms with E-state index in [-0.39, 0.29) is 47.5 Å². The first-order chi connectivity index (χ1) is 13.8. The minimum atomic E-state index is -3.71. The van der Waals surface area contributed by atoms with Crippen molar-refractivity contribution in [3.05, 3.63) is 65.5 Å². The van der Waals surface area contributed by atoms with Gasteiger partial charge in [-0.15, -0.1) is 0 Å². The van der Waals surface area contributed by atoms with Crippen molar-refractivity contribution in [3.63, 3.8) is 0 Å². The largest absolute Gasteiger partial charge is 0.373 e. The molecular weight excluding hydrogens is 395 g/mol. The van der Waals surface area contributed by atoms with E-state index in [1.165, 1.54) is 28.6 Å². The van der Waals surface area contributed by atoms with Crippen molar-refractivity contribution in [2.75, 3.05) is 19.6 Å². The van der Waals surface area contributed by atoms with Gasteiger partial charge in [-0.25, -0.2) is 12.8 Å². The maximum atomic E-state index is 13.0. The number of halogens is 1. The Balaban J connectivity index is 1.66. The molecule has 29 heavy (non-hydrogen) atoms. The molecule has 2 aromatic carbocycles. The fraction of sp³-hybridized carbons (Fsp3) is 0.381. The molecule has 1 aliphatic heterocycles. The second kappa shape index (κ2) is 9.02. The van der Waals surface area contributed by atoms with Gasteiger partial charge in [0.25, 0.3) is 5.91 Å². The van der Waals surface area contributed by atoms with E-state index < -0.39 is 10.0 Å². The Kier molecular flexibility index (Phi) is 6.66. The van der Waals surface area contributed by atoms with Gasteiger partial charge in [0.15, 0.2) is 0 Å². The number of ether oxygens (including phenoxy) is 1. The lowest BCUT2D eigenvalue weighted by Crippen LogP contribution is -2.48. The number of nitrogens with zero attached hydrogens (tertiary/aromatic N) is 1. The van der Waals surface area contributed by atoms with Crippen LogP contribution in [0.15, 0.2) is 53.4 Å². The maximum Gasteiger partial charge on any atom is 0.251 e. The molecular formula is C21H25FN2O4S. The van der Waals surface area contributed by atoms with Crippen molar-refractivity contribution >= 4 is 15.9 Å². The first-order valence-electron chi connectivity index (χ1n) is 9.54. The van der Waals surface area contributed by atoms with Gasteiger partial charge < -0.3 is 10.1 Å². The Labute approximate surface area is 170 Å². The van der Waals surface area contributed by atoms with Crippen LogP contribution < -0.4 is 5.32 Å². The van der Waals surface area contributed by atoms with Crippen LogP contribution in [0, 0.1) is 5.82 Å². The topological polar surface area (TPSA) is 75.7 Å². The smallest absolute Gasteiger partial charge is 0.251 e. The van der Waals surface area contributed by atoms with Crippen LogP contribution >= 0.6 is 0 Å². The Morgan fingerprint density at radius 3 is 2.45 bits per heavy atom. The third-order valence-corrected chi connectivity index (χ3v) is 6.56. The van der Waals surface area contributed by atoms with Gasteiger partial charge >= 0.3 is 0 Å². The van der Waals surface area contributed by atoms with Crippen LogP contribution in [-0.4, -0.2) is 50.5 Å². The van der Waals surface area contributed by atoms with Crippen LogP contribution in [-0.2, 0) is 21.2 Å². The Morgan fingerprint density at radius 2 is 1.79 bits per heavy atom. The molecule has 0 saturated carbocycles. The van der Waals surface area contributed by atoms with Gasteiger partial charge in [0.1, 0.15) is 5.82 Å². The standard InChI is InChI=1S/C21H25FN2O4S/c1-15-13-24(14-16(2)28-15)29(26,27)20-5-3-4-18(12-20)21(25)23-11-10-17-6-8-19(22)9-7-17/h3-9,12,15-16H,10-11,13-14H2,1-2H3,(H,23,25). The zero-order chi connectivity index (χ0) is 21.0. The number of carbonyl (C=O) groups is 1. The van der Waals surface area contributed by atoms with Crippen molar-refractivity contribution in [3.8, 4) is 0 Å². The van der Waals surface area contributed by atoms with E-state index in [0.717, 1.165) is 5.56 Å². The SMILES string of the molecule is CC1CN(S(=O)(=O)c2cccc(C(=O)NCCc3ccc(F)cc3)c2)CC(C)O1. The lowest BCUT2D eigenvalue weighted by Gasteiger charge is -2.34. The third kappa shape index (κ3) is 5.41. The molecule has 2 atom stereocenters. The maximum absolute atomic E-state index is 13.0. The molecule has 0 aromatic heterocycles. The number of morpholine rings is 1. The van der Waals surface area contributed by atoms with Crippen LogP contribution in [0.5, 0.6) is 0 Å². The Morgan fingerprint density at radius 1 is 1.14 bits per heavy atom. The van der Waals surface area contributed by atoms with Crippen LogP contribution in [0.3, 0.4) is 0 Å². The number of benzene rings is 2. The molecule has 0 aliphatic carbocycles. The van der Waals surface area contributed by atoms with E-state index in [0.29, 0.717) is 13.0 Å². The van der Waals surface area contributed by atoms with Crippen molar-refractivity contribution in [2.24, 2.45) is 0 Å². The Hall–Kier alpha value is -2.29. The zero-order valence-electron chi connectivity index (χ0n) is 16.5. The molecule has 156 valence electrons. The van der Waals surface area contributed by atoms with Gasteiger partial charge in [0.2, 0.25) is 10.0 Å². The highest BCUT2D eigenvalue weighted by atomic mass is 32.2. The minimum absolute atomic E-state index is 0.0879. The summed E-state index contributed by atoms with van der Waals surface area (Å²) in [6, 6.07) is 12.1. The molecule has 1 N–H and O–H groups in total. The summed E-state index contributed by atoms with van der Waals surface area (Å²) in [6.07, 6.45) is 0.172. The zero-order valence-corrected chi connectivity index (χ0v) is 17.3. The van der Waals surface area contributed by atoms with Gasteiger partial charge in [0.05, 0.1) is 17.1 Å². The van der Waals surface area contributed by atoms with E-state index in [1.54, 1.807) is 24.3 Å². The summed E-state index contributed by atoms with van der Waals surface area (Å²) < 4.78 is 45.9. The number of hydrogen-bond acceptors (Lipinski definition) is 4. The third-order valence-electron chi connectivity index (χ3n) is 4.73. The molecule has 2 unspecified atom stereocenters. The molecule has 6 nitrogen and oxygen atoms in total. The molecule has 1 heterocycles. The lowest BCUT2D eigenvalue weighted by molar-refractivity contribution is -0.0440. The molecule has 0 radical (unpaired) electrons. The van der Waals surface area contributed by atoms with E-state index in [2.05, 4.69) is 5.32 Å². The van der Waals surface area contributed by atoms with Gasteiger partial charge in [-0.2, -0.15) is 4.31 Å². The van der Waals surface area contributed by atoms with Crippen LogP contribution in [0.4, 0.5) is 4.39 Å². The molecule has 2 aromatic rings. The molecule has 1 amide bonds. The van der Waals surface area contributed by atoms with Gasteiger partial charge in [0, 0.05) is 25.2 Å². The Bertz CT molecular complexity index is 953. The van der Waals surface area contributed by atoms with Crippen LogP contribution in [0.2, 0.25) is 0 Å². The molecule has 1 aliphatic rings. The normalized spacial score (nSPS) is 20.4. The summed E-state index contributed by atoms with van der Waals surface area (Å²) in [5.41, 5.74) is 1.18. The average molecular weight is 421 g/mol. The predicted octanol–water partition coefficient (Wildman–Crippen LogP) is 2.60. The first kappa shape index (κ1) is 21.4. The van der Waals surface area contributed by atoms with E-state index in [1.807, 2.05) is 13.8 Å². The first-order valence-corrected chi connectivity index (χ1v) is 11.0. The van der Waals surface area contributed by atoms with Crippen molar-refractivity contribution in [1.29, 1.82) is 0 Å². The molecule has 0 spiro atoms. The quantitative estimate of drug-likeness (QED) is 0.780. The predicted molar refractivity (Wildman–Crippen MR) is 108 cm³/mol. The van der Waals surface area contributed by atoms with E-state index >= 15 is 0 Å².